The van der Waals surface area contributed by atoms with Gasteiger partial charge in [0.2, 0.25) is 0 Å². The fourth-order valence-corrected chi connectivity index (χ4v) is 2.47. The van der Waals surface area contributed by atoms with Crippen LogP contribution >= 0.6 is 0 Å². The van der Waals surface area contributed by atoms with Crippen molar-refractivity contribution in [1.82, 2.24) is 5.32 Å². The maximum atomic E-state index is 12.3. The van der Waals surface area contributed by atoms with Crippen LogP contribution in [0.5, 0.6) is 5.75 Å². The lowest BCUT2D eigenvalue weighted by molar-refractivity contribution is -0.153. The largest absolute Gasteiger partial charge is 0.491 e. The van der Waals surface area contributed by atoms with Crippen LogP contribution in [0.3, 0.4) is 0 Å². The van der Waals surface area contributed by atoms with Gasteiger partial charge >= 0.3 is 5.97 Å². The van der Waals surface area contributed by atoms with E-state index in [1.54, 1.807) is 7.05 Å². The van der Waals surface area contributed by atoms with Gasteiger partial charge < -0.3 is 14.8 Å². The van der Waals surface area contributed by atoms with E-state index in [1.807, 2.05) is 38.1 Å². The summed E-state index contributed by atoms with van der Waals surface area (Å²) in [5, 5.41) is 3.15. The van der Waals surface area contributed by atoms with Gasteiger partial charge in [-0.15, -0.1) is 0 Å². The molecule has 0 aromatic heterocycles. The van der Waals surface area contributed by atoms with Crippen LogP contribution in [-0.4, -0.2) is 31.8 Å². The number of rotatable bonds is 7. The number of hydrogen-bond acceptors (Lipinski definition) is 4. The molecule has 1 aliphatic carbocycles. The van der Waals surface area contributed by atoms with Crippen molar-refractivity contribution in [3.63, 3.8) is 0 Å². The van der Waals surface area contributed by atoms with Crippen LogP contribution in [-0.2, 0) is 9.53 Å². The molecule has 1 unspecified atom stereocenters. The van der Waals surface area contributed by atoms with Gasteiger partial charge in [0.1, 0.15) is 12.4 Å². The molecule has 0 heterocycles. The summed E-state index contributed by atoms with van der Waals surface area (Å²) in [6.07, 6.45) is 2.08. The van der Waals surface area contributed by atoms with E-state index in [9.17, 15) is 4.79 Å². The maximum absolute atomic E-state index is 12.3. The van der Waals surface area contributed by atoms with Crippen LogP contribution in [0.15, 0.2) is 24.3 Å². The summed E-state index contributed by atoms with van der Waals surface area (Å²) >= 11 is 0. The highest BCUT2D eigenvalue weighted by Gasteiger charge is 2.52. The first kappa shape index (κ1) is 14.9. The minimum absolute atomic E-state index is 0.210. The lowest BCUT2D eigenvalue weighted by Crippen LogP contribution is -2.57. The number of benzene rings is 1. The van der Waals surface area contributed by atoms with Crippen LogP contribution in [0.2, 0.25) is 0 Å². The van der Waals surface area contributed by atoms with Gasteiger partial charge in [-0.05, 0) is 51.3 Å². The Labute approximate surface area is 120 Å². The van der Waals surface area contributed by atoms with Gasteiger partial charge in [0.25, 0.3) is 0 Å². The summed E-state index contributed by atoms with van der Waals surface area (Å²) in [6, 6.07) is 7.83. The van der Waals surface area contributed by atoms with E-state index < -0.39 is 5.54 Å². The second kappa shape index (κ2) is 6.27. The van der Waals surface area contributed by atoms with E-state index in [1.165, 1.54) is 0 Å². The number of ether oxygens (including phenoxy) is 2. The average Bonchev–Trinajstić information content (AvgIpc) is 3.27. The van der Waals surface area contributed by atoms with Crippen LogP contribution in [0.25, 0.3) is 0 Å². The smallest absolute Gasteiger partial charge is 0.330 e. The molecule has 1 N–H and O–H groups in total. The summed E-state index contributed by atoms with van der Waals surface area (Å²) in [6.45, 7) is 4.52. The molecule has 4 nitrogen and oxygen atoms in total. The summed E-state index contributed by atoms with van der Waals surface area (Å²) < 4.78 is 11.1. The van der Waals surface area contributed by atoms with Crippen LogP contribution in [0.4, 0.5) is 0 Å². The third-order valence-corrected chi connectivity index (χ3v) is 3.91. The molecule has 20 heavy (non-hydrogen) atoms. The SMILES string of the molecule is CCOC(=O)C(COc1ccccc1C)(NC)C1CC1. The predicted octanol–water partition coefficient (Wildman–Crippen LogP) is 2.31. The summed E-state index contributed by atoms with van der Waals surface area (Å²) in [5.74, 6) is 0.909. The highest BCUT2D eigenvalue weighted by atomic mass is 16.5. The van der Waals surface area contributed by atoms with Crippen LogP contribution in [0.1, 0.15) is 25.3 Å². The molecular formula is C16H23NO3. The molecule has 1 aliphatic rings. The Balaban J connectivity index is 2.12. The van der Waals surface area contributed by atoms with Gasteiger partial charge in [0, 0.05) is 0 Å². The molecule has 0 bridgehead atoms. The van der Waals surface area contributed by atoms with Gasteiger partial charge in [-0.2, -0.15) is 0 Å². The highest BCUT2D eigenvalue weighted by molar-refractivity contribution is 5.82. The second-order valence-corrected chi connectivity index (χ2v) is 5.27. The summed E-state index contributed by atoms with van der Waals surface area (Å²) in [7, 11) is 1.80. The molecule has 1 aromatic rings. The standard InChI is InChI=1S/C16H23NO3/c1-4-19-15(18)16(17-3,13-9-10-13)11-20-14-8-6-5-7-12(14)2/h5-8,13,17H,4,9-11H2,1-3H3. The van der Waals surface area contributed by atoms with E-state index in [4.69, 9.17) is 9.47 Å². The zero-order valence-electron chi connectivity index (χ0n) is 12.4. The normalized spacial score (nSPS) is 17.4. The van der Waals surface area contributed by atoms with Gasteiger partial charge in [0.05, 0.1) is 6.61 Å². The van der Waals surface area contributed by atoms with Crippen molar-refractivity contribution in [1.29, 1.82) is 0 Å². The number of para-hydroxylation sites is 1. The van der Waals surface area contributed by atoms with Crippen LogP contribution < -0.4 is 10.1 Å². The third kappa shape index (κ3) is 2.96. The van der Waals surface area contributed by atoms with Crippen molar-refractivity contribution >= 4 is 5.97 Å². The first-order valence-electron chi connectivity index (χ1n) is 7.18. The molecule has 0 aliphatic heterocycles. The minimum Gasteiger partial charge on any atom is -0.491 e. The van der Waals surface area contributed by atoms with Crippen molar-refractivity contribution in [2.45, 2.75) is 32.2 Å². The average molecular weight is 277 g/mol. The highest BCUT2D eigenvalue weighted by Crippen LogP contribution is 2.40. The number of hydrogen-bond donors (Lipinski definition) is 1. The number of likely N-dealkylation sites (N-methyl/N-ethyl adjacent to an activating group) is 1. The van der Waals surface area contributed by atoms with Gasteiger partial charge in [-0.25, -0.2) is 4.79 Å². The molecule has 1 fully saturated rings. The molecule has 2 rings (SSSR count). The molecular weight excluding hydrogens is 254 g/mol. The van der Waals surface area contributed by atoms with Gasteiger partial charge in [-0.3, -0.25) is 0 Å². The molecule has 1 saturated carbocycles. The van der Waals surface area contributed by atoms with Crippen molar-refractivity contribution in [3.05, 3.63) is 29.8 Å². The van der Waals surface area contributed by atoms with E-state index in [2.05, 4.69) is 5.32 Å². The van der Waals surface area contributed by atoms with Crippen molar-refractivity contribution < 1.29 is 14.3 Å². The first-order chi connectivity index (χ1) is 9.64. The Kier molecular flexibility index (Phi) is 4.65. The monoisotopic (exact) mass is 277 g/mol. The topological polar surface area (TPSA) is 47.6 Å². The van der Waals surface area contributed by atoms with E-state index in [0.29, 0.717) is 19.1 Å². The maximum Gasteiger partial charge on any atom is 0.330 e. The Morgan fingerprint density at radius 3 is 2.65 bits per heavy atom. The Morgan fingerprint density at radius 1 is 1.40 bits per heavy atom. The Hall–Kier alpha value is -1.55. The Bertz CT molecular complexity index is 471. The predicted molar refractivity (Wildman–Crippen MR) is 77.8 cm³/mol. The fraction of sp³-hybridized carbons (Fsp3) is 0.562. The number of aryl methyl sites for hydroxylation is 1. The number of carbonyl (C=O) groups is 1. The fourth-order valence-electron chi connectivity index (χ4n) is 2.47. The molecule has 0 amide bonds. The minimum atomic E-state index is -0.724. The molecule has 110 valence electrons. The van der Waals surface area contributed by atoms with E-state index in [0.717, 1.165) is 24.2 Å². The first-order valence-corrected chi connectivity index (χ1v) is 7.18. The van der Waals surface area contributed by atoms with Crippen molar-refractivity contribution in [3.8, 4) is 5.75 Å². The zero-order chi connectivity index (χ0) is 14.6. The molecule has 1 atom stereocenters. The molecule has 4 heteroatoms. The van der Waals surface area contributed by atoms with Crippen molar-refractivity contribution in [2.75, 3.05) is 20.3 Å². The number of nitrogens with one attached hydrogen (secondary N) is 1. The molecule has 1 aromatic carbocycles. The lowest BCUT2D eigenvalue weighted by Gasteiger charge is -2.31. The lowest BCUT2D eigenvalue weighted by atomic mass is 9.94. The molecule has 0 radical (unpaired) electrons. The zero-order valence-corrected chi connectivity index (χ0v) is 12.4. The van der Waals surface area contributed by atoms with E-state index >= 15 is 0 Å². The van der Waals surface area contributed by atoms with Crippen molar-refractivity contribution in [2.24, 2.45) is 5.92 Å². The quantitative estimate of drug-likeness (QED) is 0.777. The molecule has 0 saturated heterocycles. The Morgan fingerprint density at radius 2 is 2.10 bits per heavy atom. The van der Waals surface area contributed by atoms with E-state index in [-0.39, 0.29) is 5.97 Å². The molecule has 0 spiro atoms. The van der Waals surface area contributed by atoms with Crippen LogP contribution in [0, 0.1) is 12.8 Å². The summed E-state index contributed by atoms with van der Waals surface area (Å²) in [4.78, 5) is 12.3. The third-order valence-electron chi connectivity index (χ3n) is 3.91. The second-order valence-electron chi connectivity index (χ2n) is 5.27. The summed E-state index contributed by atoms with van der Waals surface area (Å²) in [5.41, 5.74) is 0.343. The van der Waals surface area contributed by atoms with Gasteiger partial charge in [0.15, 0.2) is 5.54 Å². The number of esters is 1. The number of carbonyl (C=O) groups excluding carboxylic acids is 1. The van der Waals surface area contributed by atoms with Gasteiger partial charge in [-0.1, -0.05) is 18.2 Å².